The summed E-state index contributed by atoms with van der Waals surface area (Å²) in [6.45, 7) is 0. The largest absolute Gasteiger partial charge is 0.333 e. The molecule has 0 saturated carbocycles. The zero-order valence-corrected chi connectivity index (χ0v) is 11.6. The number of fused-ring (bicyclic) bond motifs is 1. The van der Waals surface area contributed by atoms with Crippen LogP contribution in [0.2, 0.25) is 0 Å². The molecule has 0 unspecified atom stereocenters. The highest BCUT2D eigenvalue weighted by Gasteiger charge is 2.22. The van der Waals surface area contributed by atoms with E-state index < -0.39 is 21.2 Å². The highest BCUT2D eigenvalue weighted by Crippen LogP contribution is 2.34. The number of pyridine rings is 1. The Balaban J connectivity index is 2.00. The molecule has 0 radical (unpaired) electrons. The van der Waals surface area contributed by atoms with Crippen molar-refractivity contribution in [2.45, 2.75) is 10.2 Å². The van der Waals surface area contributed by atoms with E-state index in [9.17, 15) is 20.2 Å². The number of para-hydroxylation sites is 2. The molecule has 0 aliphatic heterocycles. The van der Waals surface area contributed by atoms with E-state index in [1.807, 2.05) is 18.2 Å². The molecule has 110 valence electrons. The van der Waals surface area contributed by atoms with Crippen LogP contribution in [0.25, 0.3) is 11.0 Å². The third-order valence-electron chi connectivity index (χ3n) is 2.79. The van der Waals surface area contributed by atoms with Crippen LogP contribution in [0.4, 0.5) is 11.4 Å². The van der Waals surface area contributed by atoms with Gasteiger partial charge in [0.1, 0.15) is 6.20 Å². The minimum absolute atomic E-state index is 0.0367. The summed E-state index contributed by atoms with van der Waals surface area (Å²) in [5.74, 6) is 0. The molecule has 3 aromatic rings. The van der Waals surface area contributed by atoms with E-state index in [2.05, 4.69) is 15.0 Å². The van der Waals surface area contributed by atoms with E-state index in [0.717, 1.165) is 35.1 Å². The average molecular weight is 317 g/mol. The van der Waals surface area contributed by atoms with Gasteiger partial charge in [0.05, 0.1) is 26.9 Å². The third kappa shape index (κ3) is 2.59. The predicted molar refractivity (Wildman–Crippen MR) is 77.8 cm³/mol. The van der Waals surface area contributed by atoms with Crippen LogP contribution >= 0.6 is 11.8 Å². The van der Waals surface area contributed by atoms with Crippen LogP contribution < -0.4 is 0 Å². The number of rotatable bonds is 4. The Hall–Kier alpha value is -3.01. The Morgan fingerprint density at radius 3 is 2.59 bits per heavy atom. The molecule has 2 aromatic heterocycles. The molecule has 10 heteroatoms. The highest BCUT2D eigenvalue weighted by molar-refractivity contribution is 7.99. The summed E-state index contributed by atoms with van der Waals surface area (Å²) in [4.78, 5) is 31.4. The first-order valence-corrected chi connectivity index (χ1v) is 6.77. The van der Waals surface area contributed by atoms with E-state index in [1.165, 1.54) is 0 Å². The summed E-state index contributed by atoms with van der Waals surface area (Å²) in [6, 6.07) is 8.17. The van der Waals surface area contributed by atoms with Crippen LogP contribution in [-0.4, -0.2) is 24.8 Å². The second-order valence-electron chi connectivity index (χ2n) is 4.19. The number of benzene rings is 1. The smallest absolute Gasteiger partial charge is 0.308 e. The fourth-order valence-electron chi connectivity index (χ4n) is 1.81. The molecular formula is C12H7N5O4S. The summed E-state index contributed by atoms with van der Waals surface area (Å²) in [5.41, 5.74) is 0.643. The number of aromatic nitrogens is 3. The topological polar surface area (TPSA) is 128 Å². The Bertz CT molecular complexity index is 861. The fourth-order valence-corrected chi connectivity index (χ4v) is 2.64. The van der Waals surface area contributed by atoms with Gasteiger partial charge in [-0.15, -0.1) is 0 Å². The van der Waals surface area contributed by atoms with Gasteiger partial charge in [-0.2, -0.15) is 0 Å². The van der Waals surface area contributed by atoms with Crippen molar-refractivity contribution in [3.63, 3.8) is 0 Å². The van der Waals surface area contributed by atoms with Crippen molar-refractivity contribution in [3.8, 4) is 0 Å². The van der Waals surface area contributed by atoms with Crippen LogP contribution in [0, 0.1) is 20.2 Å². The molecule has 3 rings (SSSR count). The van der Waals surface area contributed by atoms with Gasteiger partial charge in [0.15, 0.2) is 10.2 Å². The van der Waals surface area contributed by atoms with Gasteiger partial charge in [0, 0.05) is 0 Å². The molecule has 2 heterocycles. The maximum atomic E-state index is 11.1. The first-order valence-electron chi connectivity index (χ1n) is 5.96. The van der Waals surface area contributed by atoms with Gasteiger partial charge < -0.3 is 4.98 Å². The van der Waals surface area contributed by atoms with Crippen molar-refractivity contribution < 1.29 is 9.85 Å². The van der Waals surface area contributed by atoms with Crippen molar-refractivity contribution in [2.24, 2.45) is 0 Å². The summed E-state index contributed by atoms with van der Waals surface area (Å²) < 4.78 is 0. The number of aromatic amines is 1. The molecule has 0 fully saturated rings. The maximum absolute atomic E-state index is 11.1. The second kappa shape index (κ2) is 5.41. The number of hydrogen-bond donors (Lipinski definition) is 1. The van der Waals surface area contributed by atoms with E-state index in [-0.39, 0.29) is 5.03 Å². The quantitative estimate of drug-likeness (QED) is 0.578. The molecule has 0 aliphatic carbocycles. The van der Waals surface area contributed by atoms with Crippen molar-refractivity contribution in [3.05, 3.63) is 56.8 Å². The molecule has 0 aliphatic rings. The number of hydrogen-bond acceptors (Lipinski definition) is 7. The van der Waals surface area contributed by atoms with Gasteiger partial charge >= 0.3 is 5.69 Å². The molecule has 22 heavy (non-hydrogen) atoms. The minimum atomic E-state index is -0.727. The maximum Gasteiger partial charge on any atom is 0.308 e. The zero-order chi connectivity index (χ0) is 15.7. The van der Waals surface area contributed by atoms with Crippen molar-refractivity contribution in [1.29, 1.82) is 0 Å². The Morgan fingerprint density at radius 1 is 1.14 bits per heavy atom. The lowest BCUT2D eigenvalue weighted by Crippen LogP contribution is -1.97. The van der Waals surface area contributed by atoms with E-state index in [1.54, 1.807) is 6.07 Å². The van der Waals surface area contributed by atoms with E-state index in [0.29, 0.717) is 5.16 Å². The lowest BCUT2D eigenvalue weighted by atomic mass is 10.3. The molecule has 1 aromatic carbocycles. The first kappa shape index (κ1) is 13.9. The van der Waals surface area contributed by atoms with Gasteiger partial charge in [-0.25, -0.2) is 9.97 Å². The molecular weight excluding hydrogens is 310 g/mol. The van der Waals surface area contributed by atoms with E-state index in [4.69, 9.17) is 0 Å². The van der Waals surface area contributed by atoms with Crippen LogP contribution in [0.15, 0.2) is 46.7 Å². The first-order chi connectivity index (χ1) is 10.5. The molecule has 0 atom stereocenters. The molecule has 0 saturated heterocycles. The Kier molecular flexibility index (Phi) is 3.43. The molecule has 0 amide bonds. The summed E-state index contributed by atoms with van der Waals surface area (Å²) in [5, 5.41) is 22.2. The highest BCUT2D eigenvalue weighted by atomic mass is 32.2. The number of nitro groups is 2. The summed E-state index contributed by atoms with van der Waals surface area (Å²) >= 11 is 0.947. The van der Waals surface area contributed by atoms with Crippen LogP contribution in [0.1, 0.15) is 0 Å². The lowest BCUT2D eigenvalue weighted by molar-refractivity contribution is -0.396. The number of imidazole rings is 1. The van der Waals surface area contributed by atoms with Gasteiger partial charge in [-0.05, 0) is 23.9 Å². The van der Waals surface area contributed by atoms with E-state index >= 15 is 0 Å². The van der Waals surface area contributed by atoms with Gasteiger partial charge in [0.25, 0.3) is 5.69 Å². The lowest BCUT2D eigenvalue weighted by Gasteiger charge is -1.99. The van der Waals surface area contributed by atoms with Gasteiger partial charge in [0.2, 0.25) is 0 Å². The Labute approximate surface area is 126 Å². The minimum Gasteiger partial charge on any atom is -0.333 e. The second-order valence-corrected chi connectivity index (χ2v) is 5.17. The van der Waals surface area contributed by atoms with Crippen LogP contribution in [0.5, 0.6) is 0 Å². The molecule has 9 nitrogen and oxygen atoms in total. The monoisotopic (exact) mass is 317 g/mol. The molecule has 0 spiro atoms. The van der Waals surface area contributed by atoms with Crippen molar-refractivity contribution in [2.75, 3.05) is 0 Å². The van der Waals surface area contributed by atoms with Crippen molar-refractivity contribution >= 4 is 34.2 Å². The van der Waals surface area contributed by atoms with Crippen molar-refractivity contribution in [1.82, 2.24) is 15.0 Å². The van der Waals surface area contributed by atoms with Gasteiger partial charge in [-0.1, -0.05) is 12.1 Å². The number of nitrogens with one attached hydrogen (secondary N) is 1. The van der Waals surface area contributed by atoms with Gasteiger partial charge in [-0.3, -0.25) is 20.2 Å². The molecule has 0 bridgehead atoms. The summed E-state index contributed by atoms with van der Waals surface area (Å²) in [7, 11) is 0. The molecule has 1 N–H and O–H groups in total. The standard InChI is InChI=1S/C12H7N5O4S/c18-16(19)7-5-10(17(20)21)11(13-6-7)22-12-14-8-3-1-2-4-9(8)15-12/h1-6H,(H,14,15). The summed E-state index contributed by atoms with van der Waals surface area (Å²) in [6.07, 6.45) is 0.984. The normalized spacial score (nSPS) is 10.7. The Morgan fingerprint density at radius 2 is 1.91 bits per heavy atom. The van der Waals surface area contributed by atoms with Crippen LogP contribution in [-0.2, 0) is 0 Å². The SMILES string of the molecule is O=[N+]([O-])c1cnc(Sc2nc3ccccc3[nH]2)c([N+](=O)[O-])c1. The number of nitrogens with zero attached hydrogens (tertiary/aromatic N) is 4. The fraction of sp³-hybridized carbons (Fsp3) is 0. The van der Waals surface area contributed by atoms with Crippen LogP contribution in [0.3, 0.4) is 0 Å². The average Bonchev–Trinajstić information content (AvgIpc) is 2.89. The third-order valence-corrected chi connectivity index (χ3v) is 3.68. The zero-order valence-electron chi connectivity index (χ0n) is 10.8. The predicted octanol–water partition coefficient (Wildman–Crippen LogP) is 2.93. The number of H-pyrrole nitrogens is 1.